The van der Waals surface area contributed by atoms with Crippen LogP contribution in [-0.2, 0) is 6.42 Å². The number of aromatic nitrogens is 4. The number of anilines is 6. The zero-order chi connectivity index (χ0) is 29.5. The summed E-state index contributed by atoms with van der Waals surface area (Å²) in [5, 5.41) is 6.88. The van der Waals surface area contributed by atoms with Crippen LogP contribution in [0.5, 0.6) is 5.75 Å². The molecule has 216 valence electrons. The second-order valence-corrected chi connectivity index (χ2v) is 10.7. The van der Waals surface area contributed by atoms with Crippen molar-refractivity contribution in [3.05, 3.63) is 60.6 Å². The van der Waals surface area contributed by atoms with E-state index in [1.165, 1.54) is 5.56 Å². The van der Waals surface area contributed by atoms with Gasteiger partial charge >= 0.3 is 0 Å². The van der Waals surface area contributed by atoms with Crippen LogP contribution in [0.4, 0.5) is 34.5 Å². The number of aryl methyl sites for hydroxylation is 1. The Balaban J connectivity index is 1.70. The van der Waals surface area contributed by atoms with Crippen molar-refractivity contribution in [2.24, 2.45) is 0 Å². The molecule has 0 atom stereocenters. The molecular weight excluding hydrogens is 534 g/mol. The van der Waals surface area contributed by atoms with E-state index in [-0.39, 0.29) is 0 Å². The first-order valence-electron chi connectivity index (χ1n) is 13.4. The summed E-state index contributed by atoms with van der Waals surface area (Å²) in [5.41, 5.74) is 7.30. The average Bonchev–Trinajstić information content (AvgIpc) is 2.99. The van der Waals surface area contributed by atoms with Gasteiger partial charge in [0.1, 0.15) is 17.1 Å². The largest absolute Gasteiger partial charge is 0.494 e. The standard InChI is InChI=1S/C30H39N9OS/c1-9-20-17-24(26(40-7)18-25(20)38(5)16-15-37(3)4)35-30-33-19-21(10-2)29(36-30)34-23-12-11-22-27(32-14-13-31-22)28(23)39(6)41-8/h10-14,17-19H,2,9,15-16H2,1,3-8H3,(H2,33,34,35,36). The number of benzene rings is 2. The Bertz CT molecular complexity index is 1510. The van der Waals surface area contributed by atoms with E-state index in [4.69, 9.17) is 9.72 Å². The molecule has 0 radical (unpaired) electrons. The van der Waals surface area contributed by atoms with Crippen LogP contribution in [0.1, 0.15) is 18.1 Å². The van der Waals surface area contributed by atoms with Crippen molar-refractivity contribution in [3.63, 3.8) is 0 Å². The Morgan fingerprint density at radius 1 is 1.00 bits per heavy atom. The highest BCUT2D eigenvalue weighted by Gasteiger charge is 2.18. The lowest BCUT2D eigenvalue weighted by atomic mass is 10.1. The molecule has 10 nitrogen and oxygen atoms in total. The Labute approximate surface area is 247 Å². The van der Waals surface area contributed by atoms with Crippen LogP contribution >= 0.6 is 11.9 Å². The molecule has 4 aromatic rings. The van der Waals surface area contributed by atoms with Gasteiger partial charge in [0, 0.05) is 69.3 Å². The minimum atomic E-state index is 0.438. The molecule has 41 heavy (non-hydrogen) atoms. The second-order valence-electron chi connectivity index (χ2n) is 9.78. The molecule has 0 bridgehead atoms. The van der Waals surface area contributed by atoms with E-state index in [0.29, 0.717) is 11.8 Å². The summed E-state index contributed by atoms with van der Waals surface area (Å²) in [6.45, 7) is 7.99. The van der Waals surface area contributed by atoms with Gasteiger partial charge in [-0.05, 0) is 44.3 Å². The molecule has 0 saturated carbocycles. The molecular formula is C30H39N9OS. The van der Waals surface area contributed by atoms with Crippen LogP contribution in [-0.4, -0.2) is 79.5 Å². The van der Waals surface area contributed by atoms with Crippen LogP contribution < -0.4 is 24.6 Å². The maximum atomic E-state index is 5.79. The SMILES string of the molecule is C=Cc1cnc(Nc2cc(CC)c(N(C)CCN(C)C)cc2OC)nc1Nc1ccc2nccnc2c1N(C)SC. The Kier molecular flexibility index (Phi) is 9.85. The van der Waals surface area contributed by atoms with Gasteiger partial charge in [-0.1, -0.05) is 31.5 Å². The van der Waals surface area contributed by atoms with Gasteiger partial charge in [-0.25, -0.2) is 4.98 Å². The van der Waals surface area contributed by atoms with Gasteiger partial charge in [-0.2, -0.15) is 4.98 Å². The predicted molar refractivity (Wildman–Crippen MR) is 174 cm³/mol. The minimum Gasteiger partial charge on any atom is -0.494 e. The molecule has 0 aliphatic rings. The van der Waals surface area contributed by atoms with Gasteiger partial charge in [0.2, 0.25) is 5.95 Å². The minimum absolute atomic E-state index is 0.438. The Morgan fingerprint density at radius 3 is 2.46 bits per heavy atom. The zero-order valence-electron chi connectivity index (χ0n) is 24.9. The summed E-state index contributed by atoms with van der Waals surface area (Å²) in [5.74, 6) is 1.77. The van der Waals surface area contributed by atoms with Gasteiger partial charge in [0.05, 0.1) is 29.7 Å². The number of nitrogens with zero attached hydrogens (tertiary/aromatic N) is 7. The highest BCUT2D eigenvalue weighted by atomic mass is 32.2. The number of ether oxygens (including phenoxy) is 1. The summed E-state index contributed by atoms with van der Waals surface area (Å²) in [6, 6.07) is 8.13. The maximum Gasteiger partial charge on any atom is 0.229 e. The molecule has 11 heteroatoms. The summed E-state index contributed by atoms with van der Waals surface area (Å²) in [6.07, 6.45) is 9.78. The van der Waals surface area contributed by atoms with Gasteiger partial charge in [0.15, 0.2) is 0 Å². The van der Waals surface area contributed by atoms with E-state index >= 15 is 0 Å². The molecule has 0 aliphatic heterocycles. The number of methoxy groups -OCH3 is 1. The third-order valence-corrected chi connectivity index (χ3v) is 7.54. The number of likely N-dealkylation sites (N-methyl/N-ethyl adjacent to an activating group) is 2. The lowest BCUT2D eigenvalue weighted by Gasteiger charge is -2.25. The van der Waals surface area contributed by atoms with E-state index in [1.807, 2.05) is 25.4 Å². The van der Waals surface area contributed by atoms with Crippen molar-refractivity contribution in [1.82, 2.24) is 24.8 Å². The first-order chi connectivity index (χ1) is 19.8. The fraction of sp³-hybridized carbons (Fsp3) is 0.333. The normalized spacial score (nSPS) is 11.0. The quantitative estimate of drug-likeness (QED) is 0.189. The average molecular weight is 574 g/mol. The second kappa shape index (κ2) is 13.5. The first-order valence-corrected chi connectivity index (χ1v) is 14.6. The molecule has 0 aliphatic carbocycles. The van der Waals surface area contributed by atoms with Crippen LogP contribution in [0.15, 0.2) is 49.4 Å². The zero-order valence-corrected chi connectivity index (χ0v) is 25.7. The maximum absolute atomic E-state index is 5.79. The fourth-order valence-electron chi connectivity index (χ4n) is 4.47. The number of fused-ring (bicyclic) bond motifs is 1. The highest BCUT2D eigenvalue weighted by molar-refractivity contribution is 7.99. The molecule has 0 saturated heterocycles. The van der Waals surface area contributed by atoms with Crippen LogP contribution in [0.25, 0.3) is 17.1 Å². The van der Waals surface area contributed by atoms with Crippen molar-refractivity contribution < 1.29 is 4.74 Å². The molecule has 2 aromatic heterocycles. The predicted octanol–water partition coefficient (Wildman–Crippen LogP) is 5.83. The lowest BCUT2D eigenvalue weighted by Crippen LogP contribution is -2.29. The van der Waals surface area contributed by atoms with Crippen LogP contribution in [0.3, 0.4) is 0 Å². The van der Waals surface area contributed by atoms with Crippen molar-refractivity contribution >= 4 is 63.6 Å². The van der Waals surface area contributed by atoms with E-state index in [9.17, 15) is 0 Å². The van der Waals surface area contributed by atoms with Crippen LogP contribution in [0, 0.1) is 0 Å². The molecule has 2 heterocycles. The molecule has 0 fully saturated rings. The molecule has 2 aromatic carbocycles. The van der Waals surface area contributed by atoms with Gasteiger partial charge in [-0.15, -0.1) is 0 Å². The number of rotatable bonds is 13. The van der Waals surface area contributed by atoms with E-state index < -0.39 is 0 Å². The molecule has 0 amide bonds. The fourth-order valence-corrected chi connectivity index (χ4v) is 4.84. The topological polar surface area (TPSA) is 94.6 Å². The van der Waals surface area contributed by atoms with Crippen molar-refractivity contribution in [3.8, 4) is 5.75 Å². The Morgan fingerprint density at radius 2 is 1.78 bits per heavy atom. The van der Waals surface area contributed by atoms with Gasteiger partial charge in [-0.3, -0.25) is 9.97 Å². The highest BCUT2D eigenvalue weighted by Crippen LogP contribution is 2.38. The summed E-state index contributed by atoms with van der Waals surface area (Å²) in [4.78, 5) is 22.9. The van der Waals surface area contributed by atoms with Crippen molar-refractivity contribution in [1.29, 1.82) is 0 Å². The molecule has 0 spiro atoms. The number of hydrogen-bond acceptors (Lipinski definition) is 11. The lowest BCUT2D eigenvalue weighted by molar-refractivity contribution is 0.413. The molecule has 4 rings (SSSR count). The smallest absolute Gasteiger partial charge is 0.229 e. The van der Waals surface area contributed by atoms with Crippen LogP contribution in [0.2, 0.25) is 0 Å². The molecule has 0 unspecified atom stereocenters. The van der Waals surface area contributed by atoms with Gasteiger partial charge < -0.3 is 29.5 Å². The number of hydrogen-bond donors (Lipinski definition) is 2. The third-order valence-electron chi connectivity index (χ3n) is 6.81. The first kappa shape index (κ1) is 29.9. The third kappa shape index (κ3) is 6.80. The van der Waals surface area contributed by atoms with E-state index in [2.05, 4.69) is 86.5 Å². The van der Waals surface area contributed by atoms with E-state index in [1.54, 1.807) is 43.7 Å². The number of nitrogens with one attached hydrogen (secondary N) is 2. The molecule has 2 N–H and O–H groups in total. The summed E-state index contributed by atoms with van der Waals surface area (Å²) in [7, 11) is 9.95. The van der Waals surface area contributed by atoms with Crippen molar-refractivity contribution in [2.75, 3.05) is 74.5 Å². The Hall–Kier alpha value is -4.09. The summed E-state index contributed by atoms with van der Waals surface area (Å²) < 4.78 is 7.85. The van der Waals surface area contributed by atoms with Gasteiger partial charge in [0.25, 0.3) is 0 Å². The van der Waals surface area contributed by atoms with Crippen molar-refractivity contribution in [2.45, 2.75) is 13.3 Å². The monoisotopic (exact) mass is 573 g/mol. The van der Waals surface area contributed by atoms with E-state index in [0.717, 1.165) is 64.6 Å². The summed E-state index contributed by atoms with van der Waals surface area (Å²) >= 11 is 1.59.